The van der Waals surface area contributed by atoms with Gasteiger partial charge in [0.25, 0.3) is 6.29 Å². The van der Waals surface area contributed by atoms with Crippen LogP contribution in [-0.2, 0) is 43.0 Å². The minimum Gasteiger partial charge on any atom is -0.479 e. The van der Waals surface area contributed by atoms with E-state index < -0.39 is 54.6 Å². The molecule has 0 aromatic rings. The third-order valence-corrected chi connectivity index (χ3v) is 2.83. The molecule has 13 heteroatoms. The summed E-state index contributed by atoms with van der Waals surface area (Å²) in [5, 5.41) is 12.0. The van der Waals surface area contributed by atoms with Crippen molar-refractivity contribution in [3.8, 4) is 0 Å². The van der Waals surface area contributed by atoms with Gasteiger partial charge in [-0.15, -0.1) is 0 Å². The fourth-order valence-electron chi connectivity index (χ4n) is 2.13. The van der Waals surface area contributed by atoms with Crippen LogP contribution in [0.1, 0.15) is 20.8 Å². The molecular weight excluding hydrogens is 346 g/mol. The highest BCUT2D eigenvalue weighted by Crippen LogP contribution is 2.29. The number of carboxylic acid groups (broad SMARTS) is 1. The fraction of sp³-hybridized carbons (Fsp3) is 0.667. The Morgan fingerprint density at radius 2 is 1.44 bits per heavy atom. The second-order valence-corrected chi connectivity index (χ2v) is 4.76. The first-order valence-corrected chi connectivity index (χ1v) is 6.77. The number of nitrogens with zero attached hydrogens (tertiary/aromatic N) is 3. The molecule has 1 fully saturated rings. The largest absolute Gasteiger partial charge is 0.479 e. The van der Waals surface area contributed by atoms with E-state index in [0.29, 0.717) is 0 Å². The summed E-state index contributed by atoms with van der Waals surface area (Å²) in [6, 6.07) is 0. The molecule has 5 atom stereocenters. The maximum absolute atomic E-state index is 11.4. The normalized spacial score (nSPS) is 28.0. The Morgan fingerprint density at radius 1 is 0.960 bits per heavy atom. The zero-order valence-electron chi connectivity index (χ0n) is 13.3. The van der Waals surface area contributed by atoms with Gasteiger partial charge in [-0.1, -0.05) is 0 Å². The van der Waals surface area contributed by atoms with Crippen LogP contribution in [0.25, 0.3) is 10.4 Å². The number of rotatable bonds is 6. The van der Waals surface area contributed by atoms with Crippen LogP contribution in [0, 0.1) is 0 Å². The van der Waals surface area contributed by atoms with E-state index in [1.165, 1.54) is 0 Å². The number of hydrogen-bond acceptors (Lipinski definition) is 10. The molecule has 0 bridgehead atoms. The molecule has 0 aromatic heterocycles. The van der Waals surface area contributed by atoms with E-state index >= 15 is 0 Å². The van der Waals surface area contributed by atoms with Crippen molar-refractivity contribution in [2.24, 2.45) is 5.28 Å². The minimum atomic E-state index is -1.85. The van der Waals surface area contributed by atoms with Crippen LogP contribution in [0.5, 0.6) is 0 Å². The summed E-state index contributed by atoms with van der Waals surface area (Å²) < 4.78 is 19.8. The number of carboxylic acids is 1. The van der Waals surface area contributed by atoms with Gasteiger partial charge in [-0.25, -0.2) is 4.79 Å². The summed E-state index contributed by atoms with van der Waals surface area (Å²) in [4.78, 5) is 52.3. The van der Waals surface area contributed by atoms with Gasteiger partial charge in [-0.05, 0) is 5.53 Å². The first-order chi connectivity index (χ1) is 11.7. The zero-order valence-corrected chi connectivity index (χ0v) is 13.3. The maximum atomic E-state index is 11.4. The van der Waals surface area contributed by atoms with Gasteiger partial charge in [0.2, 0.25) is 6.10 Å². The molecule has 0 radical (unpaired) electrons. The number of azide groups is 1. The molecule has 138 valence electrons. The summed E-state index contributed by atoms with van der Waals surface area (Å²) in [5.41, 5.74) is 8.32. The molecule has 1 heterocycles. The van der Waals surface area contributed by atoms with Crippen LogP contribution in [0.2, 0.25) is 0 Å². The molecule has 1 aliphatic heterocycles. The number of hydrogen-bond donors (Lipinski definition) is 1. The number of esters is 3. The van der Waals surface area contributed by atoms with Crippen molar-refractivity contribution in [3.05, 3.63) is 10.4 Å². The maximum Gasteiger partial charge on any atom is 0.337 e. The summed E-state index contributed by atoms with van der Waals surface area (Å²) >= 11 is 0. The quantitative estimate of drug-likeness (QED) is 0.166. The number of carbonyl (C=O) groups is 4. The average Bonchev–Trinajstić information content (AvgIpc) is 2.47. The second kappa shape index (κ2) is 8.70. The smallest absolute Gasteiger partial charge is 0.337 e. The summed E-state index contributed by atoms with van der Waals surface area (Å²) in [5.74, 6) is -4.23. The first kappa shape index (κ1) is 20.0. The van der Waals surface area contributed by atoms with Crippen LogP contribution in [0.3, 0.4) is 0 Å². The first-order valence-electron chi connectivity index (χ1n) is 6.77. The van der Waals surface area contributed by atoms with Gasteiger partial charge in [0, 0.05) is 25.7 Å². The Morgan fingerprint density at radius 3 is 1.88 bits per heavy atom. The third-order valence-electron chi connectivity index (χ3n) is 2.83. The van der Waals surface area contributed by atoms with Crippen molar-refractivity contribution in [2.75, 3.05) is 0 Å². The molecule has 1 saturated heterocycles. The van der Waals surface area contributed by atoms with Crippen molar-refractivity contribution in [2.45, 2.75) is 51.5 Å². The van der Waals surface area contributed by atoms with Crippen molar-refractivity contribution < 1.29 is 48.1 Å². The van der Waals surface area contributed by atoms with Crippen molar-refractivity contribution in [1.82, 2.24) is 0 Å². The lowest BCUT2D eigenvalue weighted by Gasteiger charge is -2.41. The van der Waals surface area contributed by atoms with Crippen LogP contribution in [0.4, 0.5) is 0 Å². The number of aliphatic carboxylic acids is 1. The molecule has 1 aliphatic rings. The molecule has 0 amide bonds. The molecule has 13 nitrogen and oxygen atoms in total. The lowest BCUT2D eigenvalue weighted by Crippen LogP contribution is -2.63. The highest BCUT2D eigenvalue weighted by molar-refractivity contribution is 5.75. The van der Waals surface area contributed by atoms with Crippen LogP contribution < -0.4 is 0 Å². The molecule has 1 N–H and O–H groups in total. The van der Waals surface area contributed by atoms with E-state index in [-0.39, 0.29) is 0 Å². The highest BCUT2D eigenvalue weighted by Gasteiger charge is 2.55. The minimum absolute atomic E-state index is 0.865. The van der Waals surface area contributed by atoms with E-state index in [0.717, 1.165) is 20.8 Å². The Kier molecular flexibility index (Phi) is 6.96. The summed E-state index contributed by atoms with van der Waals surface area (Å²) in [6.45, 7) is 3.01. The third kappa shape index (κ3) is 5.51. The van der Waals surface area contributed by atoms with E-state index in [2.05, 4.69) is 15.0 Å². The Labute approximate surface area is 140 Å². The Bertz CT molecular complexity index is 602. The van der Waals surface area contributed by atoms with Crippen LogP contribution >= 0.6 is 0 Å². The van der Waals surface area contributed by atoms with E-state index in [1.807, 2.05) is 0 Å². The van der Waals surface area contributed by atoms with Crippen molar-refractivity contribution >= 4 is 23.9 Å². The van der Waals surface area contributed by atoms with E-state index in [1.54, 1.807) is 0 Å². The Balaban J connectivity index is 3.33. The lowest BCUT2D eigenvalue weighted by molar-refractivity contribution is -0.302. The molecule has 25 heavy (non-hydrogen) atoms. The molecule has 0 aliphatic carbocycles. The molecule has 0 saturated carbocycles. The van der Waals surface area contributed by atoms with Gasteiger partial charge in [0.15, 0.2) is 18.3 Å². The monoisotopic (exact) mass is 361 g/mol. The van der Waals surface area contributed by atoms with Gasteiger partial charge in [-0.3, -0.25) is 14.4 Å². The molecule has 0 spiro atoms. The van der Waals surface area contributed by atoms with Gasteiger partial charge < -0.3 is 28.9 Å². The topological polar surface area (TPSA) is 183 Å². The van der Waals surface area contributed by atoms with Crippen molar-refractivity contribution in [1.29, 1.82) is 0 Å². The number of ether oxygens (including phenoxy) is 4. The zero-order chi connectivity index (χ0) is 19.1. The predicted molar refractivity (Wildman–Crippen MR) is 73.2 cm³/mol. The number of carbonyl (C=O) groups excluding carboxylic acids is 3. The molecule has 0 unspecified atom stereocenters. The average molecular weight is 361 g/mol. The van der Waals surface area contributed by atoms with Crippen LogP contribution in [-0.4, -0.2) is 59.7 Å². The SMILES string of the molecule is CC(=O)O[C@@H]1[C@@H](OC(C)=O)[C@H](ON=[N+]=[N-])O[C@H](C(=O)O)[C@H]1OC(C)=O. The van der Waals surface area contributed by atoms with Gasteiger partial charge in [0.05, 0.1) is 0 Å². The van der Waals surface area contributed by atoms with Gasteiger partial charge >= 0.3 is 23.9 Å². The second-order valence-electron chi connectivity index (χ2n) is 4.76. The van der Waals surface area contributed by atoms with Crippen molar-refractivity contribution in [3.63, 3.8) is 0 Å². The van der Waals surface area contributed by atoms with E-state index in [4.69, 9.17) is 24.5 Å². The van der Waals surface area contributed by atoms with E-state index in [9.17, 15) is 24.3 Å². The van der Waals surface area contributed by atoms with Crippen LogP contribution in [0.15, 0.2) is 5.28 Å². The standard InChI is InChI=1S/C12H15N3O10/c1-4(16)21-7-8(22-5(2)17)10(23-6(3)18)12(25-15-14-13)24-9(7)11(19)20/h7-10,12H,1-3H3,(H,19,20)/t7-,8-,9-,10+,12-/m0/s1. The lowest BCUT2D eigenvalue weighted by atomic mass is 9.98. The summed E-state index contributed by atoms with van der Waals surface area (Å²) in [7, 11) is 0. The predicted octanol–water partition coefficient (Wildman–Crippen LogP) is -0.167. The van der Waals surface area contributed by atoms with Gasteiger partial charge in [-0.2, -0.15) is 0 Å². The molecular formula is C12H15N3O10. The Hall–Kier alpha value is -3.05. The highest BCUT2D eigenvalue weighted by atomic mass is 16.8. The molecule has 0 aromatic carbocycles. The fourth-order valence-corrected chi connectivity index (χ4v) is 2.13. The summed E-state index contributed by atoms with van der Waals surface area (Å²) in [6.07, 6.45) is -8.36. The molecule has 1 rings (SSSR count). The van der Waals surface area contributed by atoms with Gasteiger partial charge in [0.1, 0.15) is 5.28 Å².